The number of rotatable bonds is 13. The first-order valence-corrected chi connectivity index (χ1v) is 15.3. The summed E-state index contributed by atoms with van der Waals surface area (Å²) in [6, 6.07) is 11.2. The van der Waals surface area contributed by atoms with Crippen LogP contribution in [0.1, 0.15) is 29.7 Å². The third kappa shape index (κ3) is 6.94. The Labute approximate surface area is 263 Å². The highest BCUT2D eigenvalue weighted by Gasteiger charge is 2.32. The molecule has 8 N–H and O–H groups in total. The molecule has 3 aromatic heterocycles. The van der Waals surface area contributed by atoms with Gasteiger partial charge in [0, 0.05) is 65.4 Å². The molecule has 6 rings (SSSR count). The number of imidazole rings is 1. The molecule has 4 atom stereocenters. The van der Waals surface area contributed by atoms with Crippen LogP contribution in [0.5, 0.6) is 0 Å². The van der Waals surface area contributed by atoms with Crippen LogP contribution in [0.4, 0.5) is 0 Å². The lowest BCUT2D eigenvalue weighted by molar-refractivity contribution is -0.142. The SMILES string of the molecule is O=C(O)C(Cc1c[nH]c2ccccc12)NC(=O)C(Cc1c[nH]c2ccccc12)NC(=O)C(Cc1cnc[nH]1)NC(=O)C1CCCN1. The molecule has 1 fully saturated rings. The van der Waals surface area contributed by atoms with Crippen LogP contribution in [0, 0.1) is 0 Å². The molecule has 4 unspecified atom stereocenters. The lowest BCUT2D eigenvalue weighted by atomic mass is 10.0. The maximum Gasteiger partial charge on any atom is 0.326 e. The zero-order valence-electron chi connectivity index (χ0n) is 25.0. The van der Waals surface area contributed by atoms with Gasteiger partial charge in [-0.15, -0.1) is 0 Å². The van der Waals surface area contributed by atoms with Gasteiger partial charge in [0.1, 0.15) is 18.1 Å². The number of aromatic nitrogens is 4. The van der Waals surface area contributed by atoms with Crippen molar-refractivity contribution in [3.8, 4) is 0 Å². The van der Waals surface area contributed by atoms with E-state index in [1.54, 1.807) is 18.6 Å². The number of hydrogen-bond acceptors (Lipinski definition) is 6. The van der Waals surface area contributed by atoms with Gasteiger partial charge < -0.3 is 41.3 Å². The van der Waals surface area contributed by atoms with Crippen molar-refractivity contribution in [3.05, 3.63) is 90.3 Å². The summed E-state index contributed by atoms with van der Waals surface area (Å²) >= 11 is 0. The van der Waals surface area contributed by atoms with Gasteiger partial charge in [-0.1, -0.05) is 36.4 Å². The van der Waals surface area contributed by atoms with Crippen molar-refractivity contribution in [1.82, 2.24) is 41.2 Å². The van der Waals surface area contributed by atoms with Gasteiger partial charge in [-0.25, -0.2) is 9.78 Å². The van der Waals surface area contributed by atoms with Gasteiger partial charge in [0.2, 0.25) is 17.7 Å². The number of aliphatic carboxylic acids is 1. The number of benzene rings is 2. The Bertz CT molecular complexity index is 1840. The molecule has 1 aliphatic heterocycles. The quantitative estimate of drug-likeness (QED) is 0.0975. The number of carbonyl (C=O) groups excluding carboxylic acids is 3. The minimum Gasteiger partial charge on any atom is -0.480 e. The van der Waals surface area contributed by atoms with Crippen LogP contribution in [0.3, 0.4) is 0 Å². The number of carboxylic acid groups (broad SMARTS) is 1. The van der Waals surface area contributed by atoms with E-state index in [2.05, 4.69) is 41.2 Å². The summed E-state index contributed by atoms with van der Waals surface area (Å²) in [5.74, 6) is -2.75. The van der Waals surface area contributed by atoms with E-state index >= 15 is 0 Å². The van der Waals surface area contributed by atoms with Gasteiger partial charge in [0.15, 0.2) is 0 Å². The summed E-state index contributed by atoms with van der Waals surface area (Å²) in [5.41, 5.74) is 3.85. The predicted octanol–water partition coefficient (Wildman–Crippen LogP) is 1.69. The van der Waals surface area contributed by atoms with Crippen molar-refractivity contribution < 1.29 is 24.3 Å². The van der Waals surface area contributed by atoms with E-state index in [-0.39, 0.29) is 25.2 Å². The number of aromatic amines is 3. The number of para-hydroxylation sites is 2. The molecule has 1 aliphatic rings. The van der Waals surface area contributed by atoms with E-state index in [1.807, 2.05) is 48.5 Å². The van der Waals surface area contributed by atoms with Gasteiger partial charge in [0.05, 0.1) is 12.4 Å². The van der Waals surface area contributed by atoms with Crippen molar-refractivity contribution in [2.24, 2.45) is 0 Å². The van der Waals surface area contributed by atoms with Crippen LogP contribution < -0.4 is 21.3 Å². The molecule has 3 amide bonds. The summed E-state index contributed by atoms with van der Waals surface area (Å²) in [4.78, 5) is 66.5. The topological polar surface area (TPSA) is 197 Å². The highest BCUT2D eigenvalue weighted by atomic mass is 16.4. The zero-order valence-corrected chi connectivity index (χ0v) is 25.0. The fourth-order valence-electron chi connectivity index (χ4n) is 6.00. The van der Waals surface area contributed by atoms with Crippen LogP contribution in [0.25, 0.3) is 21.8 Å². The molecule has 238 valence electrons. The monoisotopic (exact) mass is 624 g/mol. The second-order valence-electron chi connectivity index (χ2n) is 11.6. The zero-order chi connectivity index (χ0) is 32.0. The summed E-state index contributed by atoms with van der Waals surface area (Å²) < 4.78 is 0. The molecule has 5 aromatic rings. The van der Waals surface area contributed by atoms with Crippen LogP contribution in [0.15, 0.2) is 73.4 Å². The first-order valence-electron chi connectivity index (χ1n) is 15.3. The number of H-pyrrole nitrogens is 3. The molecule has 13 nitrogen and oxygen atoms in total. The third-order valence-corrected chi connectivity index (χ3v) is 8.43. The molecule has 4 heterocycles. The Morgan fingerprint density at radius 1 is 0.783 bits per heavy atom. The van der Waals surface area contributed by atoms with E-state index in [4.69, 9.17) is 0 Å². The molecule has 13 heteroatoms. The standard InChI is InChI=1S/C33H36N8O5/c42-30(26-10-5-11-35-26)40-28(14-21-17-34-18-38-21)32(44)39-27(12-19-15-36-24-8-3-1-6-22(19)24)31(43)41-29(33(45)46)13-20-16-37-25-9-4-2-7-23(20)25/h1-4,6-9,15-18,26-29,35-37H,5,10-14H2,(H,34,38)(H,39,44)(H,40,42)(H,41,43)(H,45,46). The molecule has 1 saturated heterocycles. The number of nitrogens with one attached hydrogen (secondary N) is 7. The Morgan fingerprint density at radius 2 is 1.37 bits per heavy atom. The first-order chi connectivity index (χ1) is 22.4. The Balaban J connectivity index is 1.25. The smallest absolute Gasteiger partial charge is 0.326 e. The lowest BCUT2D eigenvalue weighted by Crippen LogP contribution is -2.58. The molecular formula is C33H36N8O5. The molecule has 0 aliphatic carbocycles. The average molecular weight is 625 g/mol. The molecule has 0 radical (unpaired) electrons. The number of carbonyl (C=O) groups is 4. The average Bonchev–Trinajstić information content (AvgIpc) is 3.88. The van der Waals surface area contributed by atoms with Crippen LogP contribution in [-0.2, 0) is 38.4 Å². The van der Waals surface area contributed by atoms with E-state index in [9.17, 15) is 24.3 Å². The Hall–Kier alpha value is -5.43. The van der Waals surface area contributed by atoms with Crippen molar-refractivity contribution in [3.63, 3.8) is 0 Å². The number of fused-ring (bicyclic) bond motifs is 2. The van der Waals surface area contributed by atoms with Crippen molar-refractivity contribution >= 4 is 45.5 Å². The number of carboxylic acids is 1. The van der Waals surface area contributed by atoms with Crippen LogP contribution >= 0.6 is 0 Å². The summed E-state index contributed by atoms with van der Waals surface area (Å²) in [6.07, 6.45) is 8.30. The Kier molecular flexibility index (Phi) is 9.10. The van der Waals surface area contributed by atoms with Gasteiger partial charge in [-0.2, -0.15) is 0 Å². The molecule has 0 bridgehead atoms. The molecule has 0 spiro atoms. The van der Waals surface area contributed by atoms with E-state index in [0.717, 1.165) is 39.4 Å². The fourth-order valence-corrected chi connectivity index (χ4v) is 6.00. The van der Waals surface area contributed by atoms with Gasteiger partial charge in [-0.05, 0) is 42.6 Å². The van der Waals surface area contributed by atoms with Crippen LogP contribution in [-0.4, -0.2) is 79.4 Å². The van der Waals surface area contributed by atoms with E-state index < -0.39 is 42.0 Å². The summed E-state index contributed by atoms with van der Waals surface area (Å²) in [6.45, 7) is 0.714. The summed E-state index contributed by atoms with van der Waals surface area (Å²) in [7, 11) is 0. The minimum atomic E-state index is -1.26. The first kappa shape index (κ1) is 30.6. The van der Waals surface area contributed by atoms with E-state index in [0.29, 0.717) is 18.7 Å². The van der Waals surface area contributed by atoms with Gasteiger partial charge in [-0.3, -0.25) is 14.4 Å². The number of amides is 3. The maximum absolute atomic E-state index is 13.9. The highest BCUT2D eigenvalue weighted by Crippen LogP contribution is 2.21. The predicted molar refractivity (Wildman–Crippen MR) is 171 cm³/mol. The van der Waals surface area contributed by atoms with Gasteiger partial charge >= 0.3 is 5.97 Å². The number of nitrogens with zero attached hydrogens (tertiary/aromatic N) is 1. The second-order valence-corrected chi connectivity index (χ2v) is 11.6. The normalized spacial score (nSPS) is 16.6. The molecular weight excluding hydrogens is 588 g/mol. The largest absolute Gasteiger partial charge is 0.480 e. The minimum absolute atomic E-state index is 0.0335. The number of hydrogen-bond donors (Lipinski definition) is 8. The summed E-state index contributed by atoms with van der Waals surface area (Å²) in [5, 5.41) is 23.3. The van der Waals surface area contributed by atoms with Gasteiger partial charge in [0.25, 0.3) is 0 Å². The third-order valence-electron chi connectivity index (χ3n) is 8.43. The Morgan fingerprint density at radius 3 is 1.93 bits per heavy atom. The lowest BCUT2D eigenvalue weighted by Gasteiger charge is -2.25. The highest BCUT2D eigenvalue weighted by molar-refractivity contribution is 5.95. The van der Waals surface area contributed by atoms with Crippen molar-refractivity contribution in [2.75, 3.05) is 6.54 Å². The molecule has 2 aromatic carbocycles. The maximum atomic E-state index is 13.9. The van der Waals surface area contributed by atoms with Crippen molar-refractivity contribution in [2.45, 2.75) is 56.3 Å². The van der Waals surface area contributed by atoms with E-state index in [1.165, 1.54) is 6.33 Å². The second kappa shape index (κ2) is 13.7. The van der Waals surface area contributed by atoms with Crippen LogP contribution in [0.2, 0.25) is 0 Å². The molecule has 0 saturated carbocycles. The molecule has 46 heavy (non-hydrogen) atoms. The van der Waals surface area contributed by atoms with Crippen molar-refractivity contribution in [1.29, 1.82) is 0 Å². The fraction of sp³-hybridized carbons (Fsp3) is 0.303.